The van der Waals surface area contributed by atoms with E-state index in [-0.39, 0.29) is 25.5 Å². The molecule has 0 spiro atoms. The number of aromatic nitrogens is 2. The number of ether oxygens (including phenoxy) is 1. The summed E-state index contributed by atoms with van der Waals surface area (Å²) in [7, 11) is 1.64. The first-order chi connectivity index (χ1) is 23.7. The Morgan fingerprint density at radius 3 is 2.06 bits per heavy atom. The fourth-order valence-corrected chi connectivity index (χ4v) is 5.40. The summed E-state index contributed by atoms with van der Waals surface area (Å²) in [5, 5.41) is 20.5. The fraction of sp³-hybridized carbons (Fsp3) is 0.342. The van der Waals surface area contributed by atoms with Gasteiger partial charge in [0.15, 0.2) is 0 Å². The van der Waals surface area contributed by atoms with E-state index in [2.05, 4.69) is 25.9 Å². The number of rotatable bonds is 16. The maximum Gasteiger partial charge on any atom is 0.407 e. The third kappa shape index (κ3) is 12.3. The summed E-state index contributed by atoms with van der Waals surface area (Å²) in [6.07, 6.45) is 4.13. The van der Waals surface area contributed by atoms with Crippen LogP contribution in [0.2, 0.25) is 0 Å². The van der Waals surface area contributed by atoms with Gasteiger partial charge in [0.2, 0.25) is 5.91 Å². The highest BCUT2D eigenvalue weighted by molar-refractivity contribution is 5.87. The molecule has 0 bridgehead atoms. The quantitative estimate of drug-likeness (QED) is 0.136. The van der Waals surface area contributed by atoms with E-state index >= 15 is 0 Å². The molecular formula is C38H46N6O5. The third-order valence-corrected chi connectivity index (χ3v) is 8.06. The number of carbonyl (C=O) groups is 3. The largest absolute Gasteiger partial charge is 0.445 e. The number of carbonyl (C=O) groups excluding carboxylic acids is 3. The minimum Gasteiger partial charge on any atom is -0.445 e. The molecule has 49 heavy (non-hydrogen) atoms. The number of nitrogens with zero attached hydrogens (tertiary/aromatic N) is 3. The minimum absolute atomic E-state index is 0.0479. The Kier molecular flexibility index (Phi) is 14.1. The summed E-state index contributed by atoms with van der Waals surface area (Å²) in [5.41, 5.74) is 3.35. The Bertz CT molecular complexity index is 1580. The Hall–Kier alpha value is -5.29. The molecule has 4 N–H and O–H groups in total. The zero-order valence-corrected chi connectivity index (χ0v) is 28.2. The molecule has 258 valence electrons. The molecule has 2 heterocycles. The summed E-state index contributed by atoms with van der Waals surface area (Å²) in [6.45, 7) is 4.02. The molecule has 0 aliphatic rings. The lowest BCUT2D eigenvalue weighted by Crippen LogP contribution is -2.57. The van der Waals surface area contributed by atoms with Gasteiger partial charge < -0.3 is 30.7 Å². The van der Waals surface area contributed by atoms with Crippen LogP contribution in [0.15, 0.2) is 110 Å². The summed E-state index contributed by atoms with van der Waals surface area (Å²) < 4.78 is 5.46. The summed E-state index contributed by atoms with van der Waals surface area (Å²) in [5.74, 6) is -0.665. The molecule has 4 rings (SSSR count). The number of pyridine rings is 2. The van der Waals surface area contributed by atoms with E-state index in [4.69, 9.17) is 4.74 Å². The van der Waals surface area contributed by atoms with Crippen LogP contribution < -0.4 is 16.0 Å². The molecule has 2 aromatic heterocycles. The number of nitrogens with one attached hydrogen (secondary N) is 3. The van der Waals surface area contributed by atoms with E-state index in [0.717, 1.165) is 22.4 Å². The summed E-state index contributed by atoms with van der Waals surface area (Å²) in [4.78, 5) is 49.7. The molecule has 2 aromatic carbocycles. The average molecular weight is 667 g/mol. The van der Waals surface area contributed by atoms with Crippen molar-refractivity contribution in [2.45, 2.75) is 70.5 Å². The van der Waals surface area contributed by atoms with E-state index < -0.39 is 42.3 Å². The maximum absolute atomic E-state index is 13.8. The fourth-order valence-electron chi connectivity index (χ4n) is 5.40. The first-order valence-corrected chi connectivity index (χ1v) is 16.5. The van der Waals surface area contributed by atoms with Crippen molar-refractivity contribution >= 4 is 18.0 Å². The normalized spacial score (nSPS) is 13.4. The predicted molar refractivity (Wildman–Crippen MR) is 187 cm³/mol. The van der Waals surface area contributed by atoms with E-state index in [9.17, 15) is 19.5 Å². The second-order valence-corrected chi connectivity index (χ2v) is 12.4. The van der Waals surface area contributed by atoms with Crippen molar-refractivity contribution in [3.05, 3.63) is 132 Å². The van der Waals surface area contributed by atoms with Gasteiger partial charge in [-0.1, -0.05) is 86.6 Å². The molecule has 4 aromatic rings. The average Bonchev–Trinajstić information content (AvgIpc) is 3.10. The van der Waals surface area contributed by atoms with Crippen molar-refractivity contribution in [1.82, 2.24) is 30.8 Å². The Morgan fingerprint density at radius 1 is 0.796 bits per heavy atom. The van der Waals surface area contributed by atoms with Crippen molar-refractivity contribution in [3.8, 4) is 0 Å². The first-order valence-electron chi connectivity index (χ1n) is 16.5. The summed E-state index contributed by atoms with van der Waals surface area (Å²) >= 11 is 0. The second kappa shape index (κ2) is 18.9. The number of urea groups is 1. The Morgan fingerprint density at radius 2 is 1.45 bits per heavy atom. The van der Waals surface area contributed by atoms with Gasteiger partial charge in [0, 0.05) is 37.2 Å². The van der Waals surface area contributed by atoms with Crippen molar-refractivity contribution in [3.63, 3.8) is 0 Å². The molecule has 0 radical (unpaired) electrons. The van der Waals surface area contributed by atoms with Gasteiger partial charge in [-0.05, 0) is 54.5 Å². The SMILES string of the molecule is CC(C)[C@H](NC(=O)N(C)Cc1ccccn1)C(=O)N[C@@H](Cc1ccccc1)[C@@H](O)C[C@@H](Cc1ccccc1)NC(=O)OCc1cccnc1. The number of aliphatic hydroxyl groups excluding tert-OH is 1. The molecule has 0 fully saturated rings. The van der Waals surface area contributed by atoms with E-state index in [1.165, 1.54) is 4.90 Å². The highest BCUT2D eigenvalue weighted by Crippen LogP contribution is 2.16. The number of hydrogen-bond donors (Lipinski definition) is 4. The third-order valence-electron chi connectivity index (χ3n) is 8.06. The minimum atomic E-state index is -1.06. The second-order valence-electron chi connectivity index (χ2n) is 12.4. The molecule has 11 heteroatoms. The molecular weight excluding hydrogens is 620 g/mol. The predicted octanol–water partition coefficient (Wildman–Crippen LogP) is 4.66. The highest BCUT2D eigenvalue weighted by atomic mass is 16.5. The van der Waals surface area contributed by atoms with Crippen LogP contribution in [-0.4, -0.2) is 69.3 Å². The van der Waals surface area contributed by atoms with Gasteiger partial charge in [0.25, 0.3) is 0 Å². The molecule has 0 unspecified atom stereocenters. The Labute approximate surface area is 288 Å². The summed E-state index contributed by atoms with van der Waals surface area (Å²) in [6, 6.07) is 25.7. The molecule has 11 nitrogen and oxygen atoms in total. The number of alkyl carbamates (subject to hydrolysis) is 1. The molecule has 0 aliphatic heterocycles. The van der Waals surface area contributed by atoms with Crippen molar-refractivity contribution in [2.75, 3.05) is 7.05 Å². The molecule has 0 saturated carbocycles. The van der Waals surface area contributed by atoms with Crippen molar-refractivity contribution in [2.24, 2.45) is 5.92 Å². The lowest BCUT2D eigenvalue weighted by Gasteiger charge is -2.31. The Balaban J connectivity index is 1.48. The lowest BCUT2D eigenvalue weighted by atomic mass is 9.93. The van der Waals surface area contributed by atoms with Crippen molar-refractivity contribution < 1.29 is 24.2 Å². The van der Waals surface area contributed by atoms with Gasteiger partial charge in [0.05, 0.1) is 24.4 Å². The molecule has 4 atom stereocenters. The zero-order chi connectivity index (χ0) is 35.0. The maximum atomic E-state index is 13.8. The number of aliphatic hydroxyl groups is 1. The van der Waals surface area contributed by atoms with Crippen LogP contribution in [-0.2, 0) is 35.5 Å². The smallest absolute Gasteiger partial charge is 0.407 e. The number of hydrogen-bond acceptors (Lipinski definition) is 7. The van der Waals surface area contributed by atoms with Crippen molar-refractivity contribution in [1.29, 1.82) is 0 Å². The van der Waals surface area contributed by atoms with Gasteiger partial charge in [0.1, 0.15) is 12.6 Å². The van der Waals surface area contributed by atoms with Gasteiger partial charge in [-0.3, -0.25) is 14.8 Å². The highest BCUT2D eigenvalue weighted by Gasteiger charge is 2.31. The molecule has 4 amide bonds. The topological polar surface area (TPSA) is 146 Å². The molecule has 0 aliphatic carbocycles. The van der Waals surface area contributed by atoms with Crippen LogP contribution in [0.1, 0.15) is 42.7 Å². The van der Waals surface area contributed by atoms with Crippen LogP contribution in [0.4, 0.5) is 9.59 Å². The zero-order valence-electron chi connectivity index (χ0n) is 28.2. The van der Waals surface area contributed by atoms with E-state index in [1.807, 2.05) is 92.7 Å². The standard InChI is InChI=1S/C38H46N6O5/c1-27(2)35(43-37(47)44(3)25-31-18-10-11-20-40-31)36(46)42-33(22-29-15-8-5-9-16-29)34(45)23-32(21-28-13-6-4-7-14-28)41-38(48)49-26-30-17-12-19-39-24-30/h4-20,24,27,32-35,45H,21-23,25-26H2,1-3H3,(H,41,48)(H,42,46)(H,43,47)/t32-,33+,34+,35+/m1/s1. The molecule has 0 saturated heterocycles. The van der Waals surface area contributed by atoms with Gasteiger partial charge in [-0.25, -0.2) is 9.59 Å². The number of benzene rings is 2. The van der Waals surface area contributed by atoms with E-state index in [0.29, 0.717) is 12.8 Å². The number of amides is 4. The van der Waals surface area contributed by atoms with Crippen LogP contribution in [0.25, 0.3) is 0 Å². The van der Waals surface area contributed by atoms with Crippen LogP contribution in [0.3, 0.4) is 0 Å². The van der Waals surface area contributed by atoms with Gasteiger partial charge >= 0.3 is 12.1 Å². The van der Waals surface area contributed by atoms with Gasteiger partial charge in [-0.15, -0.1) is 0 Å². The monoisotopic (exact) mass is 666 g/mol. The van der Waals surface area contributed by atoms with Crippen LogP contribution >= 0.6 is 0 Å². The first kappa shape index (κ1) is 36.5. The van der Waals surface area contributed by atoms with E-state index in [1.54, 1.807) is 37.8 Å². The van der Waals surface area contributed by atoms with Gasteiger partial charge in [-0.2, -0.15) is 0 Å². The van der Waals surface area contributed by atoms with Crippen LogP contribution in [0.5, 0.6) is 0 Å². The lowest BCUT2D eigenvalue weighted by molar-refractivity contribution is -0.125. The van der Waals surface area contributed by atoms with Crippen LogP contribution in [0, 0.1) is 5.92 Å².